The van der Waals surface area contributed by atoms with E-state index in [0.717, 1.165) is 22.5 Å². The molecule has 0 spiro atoms. The molecule has 7 heteroatoms. The first-order chi connectivity index (χ1) is 13.9. The predicted octanol–water partition coefficient (Wildman–Crippen LogP) is 3.58. The minimum atomic E-state index is 0.489. The Hall–Kier alpha value is -4.13. The van der Waals surface area contributed by atoms with Crippen molar-refractivity contribution in [2.75, 3.05) is 0 Å². The second-order valence-corrected chi connectivity index (χ2v) is 6.14. The quantitative estimate of drug-likeness (QED) is 0.487. The van der Waals surface area contributed by atoms with E-state index < -0.39 is 0 Å². The van der Waals surface area contributed by atoms with Gasteiger partial charge < -0.3 is 0 Å². The number of hydrogen-bond donors (Lipinski definition) is 0. The molecule has 0 aliphatic rings. The Morgan fingerprint density at radius 2 is 1.71 bits per heavy atom. The van der Waals surface area contributed by atoms with Crippen LogP contribution >= 0.6 is 0 Å². The van der Waals surface area contributed by atoms with E-state index in [1.807, 2.05) is 71.5 Å². The van der Waals surface area contributed by atoms with Crippen LogP contribution in [0.1, 0.15) is 0 Å². The summed E-state index contributed by atoms with van der Waals surface area (Å²) in [5, 5.41) is 17.1. The standard InChI is InChI=1S/C21H15N7/c1-2-11-20(27-14-6-13-23-27)18(9-1)16-7-5-8-17(15-16)28-25-21(24-26-28)19-10-3-4-12-22-19/h1-15H. The van der Waals surface area contributed by atoms with Crippen molar-refractivity contribution in [3.63, 3.8) is 0 Å². The molecule has 134 valence electrons. The Morgan fingerprint density at radius 1 is 0.786 bits per heavy atom. The lowest BCUT2D eigenvalue weighted by Gasteiger charge is -2.10. The zero-order valence-electron chi connectivity index (χ0n) is 14.8. The maximum Gasteiger partial charge on any atom is 0.223 e. The van der Waals surface area contributed by atoms with Crippen LogP contribution in [0, 0.1) is 0 Å². The van der Waals surface area contributed by atoms with E-state index in [1.165, 1.54) is 4.80 Å². The summed E-state index contributed by atoms with van der Waals surface area (Å²) in [4.78, 5) is 5.79. The Labute approximate surface area is 160 Å². The van der Waals surface area contributed by atoms with Crippen molar-refractivity contribution in [3.05, 3.63) is 91.4 Å². The molecule has 5 aromatic rings. The van der Waals surface area contributed by atoms with Crippen molar-refractivity contribution in [1.29, 1.82) is 0 Å². The molecular weight excluding hydrogens is 350 g/mol. The Bertz CT molecular complexity index is 1210. The van der Waals surface area contributed by atoms with Gasteiger partial charge in [0.15, 0.2) is 0 Å². The van der Waals surface area contributed by atoms with Gasteiger partial charge in [0, 0.05) is 24.2 Å². The molecule has 7 nitrogen and oxygen atoms in total. The van der Waals surface area contributed by atoms with Crippen molar-refractivity contribution in [2.45, 2.75) is 0 Å². The van der Waals surface area contributed by atoms with Gasteiger partial charge in [0.1, 0.15) is 5.69 Å². The van der Waals surface area contributed by atoms with E-state index in [2.05, 4.69) is 37.6 Å². The fourth-order valence-electron chi connectivity index (χ4n) is 3.05. The average molecular weight is 365 g/mol. The zero-order valence-corrected chi connectivity index (χ0v) is 14.8. The van der Waals surface area contributed by atoms with E-state index >= 15 is 0 Å². The molecule has 0 radical (unpaired) electrons. The molecule has 28 heavy (non-hydrogen) atoms. The molecule has 0 fully saturated rings. The van der Waals surface area contributed by atoms with Gasteiger partial charge in [0.2, 0.25) is 5.82 Å². The second kappa shape index (κ2) is 6.88. The third kappa shape index (κ3) is 2.95. The van der Waals surface area contributed by atoms with Crippen molar-refractivity contribution in [1.82, 2.24) is 35.0 Å². The fraction of sp³-hybridized carbons (Fsp3) is 0. The molecule has 0 atom stereocenters. The lowest BCUT2D eigenvalue weighted by molar-refractivity contribution is 0.720. The minimum Gasteiger partial charge on any atom is -0.253 e. The van der Waals surface area contributed by atoms with Gasteiger partial charge in [-0.3, -0.25) is 4.98 Å². The third-order valence-electron chi connectivity index (χ3n) is 4.35. The average Bonchev–Trinajstić information content (AvgIpc) is 3.47. The highest BCUT2D eigenvalue weighted by molar-refractivity contribution is 5.74. The molecule has 0 bridgehead atoms. The van der Waals surface area contributed by atoms with Crippen molar-refractivity contribution < 1.29 is 0 Å². The number of tetrazole rings is 1. The van der Waals surface area contributed by atoms with Gasteiger partial charge >= 0.3 is 0 Å². The fourth-order valence-corrected chi connectivity index (χ4v) is 3.05. The van der Waals surface area contributed by atoms with Crippen LogP contribution in [0.15, 0.2) is 91.4 Å². The molecule has 0 aliphatic heterocycles. The van der Waals surface area contributed by atoms with Crippen LogP contribution in [0.25, 0.3) is 34.0 Å². The third-order valence-corrected chi connectivity index (χ3v) is 4.35. The summed E-state index contributed by atoms with van der Waals surface area (Å²) in [6.45, 7) is 0. The number of para-hydroxylation sites is 1. The molecular formula is C21H15N7. The van der Waals surface area contributed by atoms with Gasteiger partial charge in [-0.05, 0) is 47.2 Å². The minimum absolute atomic E-state index is 0.489. The summed E-state index contributed by atoms with van der Waals surface area (Å²) in [7, 11) is 0. The van der Waals surface area contributed by atoms with Gasteiger partial charge in [0.25, 0.3) is 0 Å². The van der Waals surface area contributed by atoms with Gasteiger partial charge in [-0.2, -0.15) is 5.10 Å². The highest BCUT2D eigenvalue weighted by Gasteiger charge is 2.11. The number of benzene rings is 2. The highest BCUT2D eigenvalue weighted by atomic mass is 15.6. The van der Waals surface area contributed by atoms with Crippen LogP contribution in [0.4, 0.5) is 0 Å². The number of pyridine rings is 1. The summed E-state index contributed by atoms with van der Waals surface area (Å²) in [6, 6.07) is 23.7. The van der Waals surface area contributed by atoms with Crippen LogP contribution in [0.5, 0.6) is 0 Å². The summed E-state index contributed by atoms with van der Waals surface area (Å²) in [5.74, 6) is 0.489. The van der Waals surface area contributed by atoms with Gasteiger partial charge in [-0.25, -0.2) is 4.68 Å². The lowest BCUT2D eigenvalue weighted by Crippen LogP contribution is -2.00. The molecule has 3 aromatic heterocycles. The second-order valence-electron chi connectivity index (χ2n) is 6.14. The van der Waals surface area contributed by atoms with Gasteiger partial charge in [0.05, 0.1) is 11.4 Å². The van der Waals surface area contributed by atoms with Gasteiger partial charge in [-0.1, -0.05) is 36.4 Å². The predicted molar refractivity (Wildman–Crippen MR) is 105 cm³/mol. The van der Waals surface area contributed by atoms with E-state index in [4.69, 9.17) is 0 Å². The van der Waals surface area contributed by atoms with E-state index in [9.17, 15) is 0 Å². The smallest absolute Gasteiger partial charge is 0.223 e. The Balaban J connectivity index is 1.55. The first kappa shape index (κ1) is 16.1. The number of rotatable bonds is 4. The molecule has 0 saturated carbocycles. The Morgan fingerprint density at radius 3 is 2.57 bits per heavy atom. The molecule has 0 amide bonds. The molecule has 0 aliphatic carbocycles. The summed E-state index contributed by atoms with van der Waals surface area (Å²) < 4.78 is 1.86. The van der Waals surface area contributed by atoms with Crippen molar-refractivity contribution in [3.8, 4) is 34.0 Å². The molecule has 0 N–H and O–H groups in total. The number of aromatic nitrogens is 7. The van der Waals surface area contributed by atoms with Crippen LogP contribution in [-0.4, -0.2) is 35.0 Å². The van der Waals surface area contributed by atoms with Crippen LogP contribution in [0.3, 0.4) is 0 Å². The molecule has 2 aromatic carbocycles. The monoisotopic (exact) mass is 365 g/mol. The maximum absolute atomic E-state index is 4.47. The largest absolute Gasteiger partial charge is 0.253 e. The summed E-state index contributed by atoms with van der Waals surface area (Å²) in [5.41, 5.74) is 4.63. The zero-order chi connectivity index (χ0) is 18.8. The molecule has 0 unspecified atom stereocenters. The van der Waals surface area contributed by atoms with E-state index in [0.29, 0.717) is 11.5 Å². The van der Waals surface area contributed by atoms with Crippen LogP contribution in [-0.2, 0) is 0 Å². The van der Waals surface area contributed by atoms with Crippen LogP contribution in [0.2, 0.25) is 0 Å². The van der Waals surface area contributed by atoms with E-state index in [1.54, 1.807) is 12.4 Å². The van der Waals surface area contributed by atoms with Crippen molar-refractivity contribution >= 4 is 0 Å². The number of nitrogens with zero attached hydrogens (tertiary/aromatic N) is 7. The van der Waals surface area contributed by atoms with Crippen molar-refractivity contribution in [2.24, 2.45) is 0 Å². The molecule has 0 saturated heterocycles. The summed E-state index contributed by atoms with van der Waals surface area (Å²) in [6.07, 6.45) is 5.41. The SMILES string of the molecule is c1ccc(-c2nnn(-c3cccc(-c4ccccc4-n4cccn4)c3)n2)nc1. The summed E-state index contributed by atoms with van der Waals surface area (Å²) >= 11 is 0. The lowest BCUT2D eigenvalue weighted by atomic mass is 10.0. The molecule has 3 heterocycles. The Kier molecular flexibility index (Phi) is 3.95. The molecule has 5 rings (SSSR count). The maximum atomic E-state index is 4.47. The van der Waals surface area contributed by atoms with Gasteiger partial charge in [-0.15, -0.1) is 15.0 Å². The topological polar surface area (TPSA) is 74.3 Å². The first-order valence-corrected chi connectivity index (χ1v) is 8.80. The first-order valence-electron chi connectivity index (χ1n) is 8.80. The van der Waals surface area contributed by atoms with E-state index in [-0.39, 0.29) is 0 Å². The normalized spacial score (nSPS) is 10.9. The highest BCUT2D eigenvalue weighted by Crippen LogP contribution is 2.27. The number of hydrogen-bond acceptors (Lipinski definition) is 5. The van der Waals surface area contributed by atoms with Crippen LogP contribution < -0.4 is 0 Å².